The Hall–Kier alpha value is -3.05. The van der Waals surface area contributed by atoms with Gasteiger partial charge in [0.25, 0.3) is 5.91 Å². The Morgan fingerprint density at radius 2 is 1.85 bits per heavy atom. The molecule has 2 aromatic carbocycles. The average Bonchev–Trinajstić information content (AvgIpc) is 2.61. The van der Waals surface area contributed by atoms with Crippen LogP contribution in [-0.2, 0) is 11.0 Å². The van der Waals surface area contributed by atoms with Gasteiger partial charge in [0.2, 0.25) is 0 Å². The molecule has 0 bridgehead atoms. The number of hydrogen-bond donors (Lipinski definition) is 2. The number of carbonyl (C=O) groups is 1. The minimum atomic E-state index is -4.55. The van der Waals surface area contributed by atoms with Gasteiger partial charge in [0.15, 0.2) is 11.3 Å². The van der Waals surface area contributed by atoms with Crippen LogP contribution in [-0.4, -0.2) is 23.2 Å². The molecule has 2 N–H and O–H groups in total. The minimum Gasteiger partial charge on any atom is -0.490 e. The van der Waals surface area contributed by atoms with Crippen molar-refractivity contribution in [2.45, 2.75) is 25.6 Å². The molecule has 2 rings (SSSR count). The van der Waals surface area contributed by atoms with E-state index in [4.69, 9.17) is 11.3 Å². The Balaban J connectivity index is 2.06. The maximum atomic E-state index is 13.0. The fourth-order valence-electron chi connectivity index (χ4n) is 2.18. The first kappa shape index (κ1) is 20.3. The number of anilines is 1. The summed E-state index contributed by atoms with van der Waals surface area (Å²) in [6.45, 7) is 8.95. The predicted molar refractivity (Wildman–Crippen MR) is 93.6 cm³/mol. The summed E-state index contributed by atoms with van der Waals surface area (Å²) in [5.74, 6) is -0.567. The van der Waals surface area contributed by atoms with E-state index in [9.17, 15) is 23.1 Å². The summed E-state index contributed by atoms with van der Waals surface area (Å²) in [7, 11) is 0. The van der Waals surface area contributed by atoms with Crippen LogP contribution in [0.2, 0.25) is 0 Å². The van der Waals surface area contributed by atoms with Gasteiger partial charge in [0.1, 0.15) is 12.4 Å². The molecule has 2 aromatic rings. The van der Waals surface area contributed by atoms with Crippen LogP contribution in [0.25, 0.3) is 4.85 Å². The number of halogens is 3. The van der Waals surface area contributed by atoms with Crippen LogP contribution in [0.1, 0.15) is 18.1 Å². The second-order valence-electron chi connectivity index (χ2n) is 6.15. The van der Waals surface area contributed by atoms with Crippen LogP contribution in [0.15, 0.2) is 42.5 Å². The van der Waals surface area contributed by atoms with E-state index in [0.29, 0.717) is 11.4 Å². The second kappa shape index (κ2) is 7.68. The molecular formula is C19H17F3N2O3. The van der Waals surface area contributed by atoms with Gasteiger partial charge < -0.3 is 15.2 Å². The zero-order valence-corrected chi connectivity index (χ0v) is 14.6. The highest BCUT2D eigenvalue weighted by atomic mass is 19.4. The van der Waals surface area contributed by atoms with Crippen molar-refractivity contribution in [2.75, 3.05) is 11.9 Å². The number of alkyl halides is 3. The summed E-state index contributed by atoms with van der Waals surface area (Å²) in [4.78, 5) is 15.5. The highest BCUT2D eigenvalue weighted by molar-refractivity contribution is 5.97. The maximum absolute atomic E-state index is 13.0. The normalized spacial score (nSPS) is 13.4. The van der Waals surface area contributed by atoms with E-state index in [1.165, 1.54) is 50.2 Å². The van der Waals surface area contributed by atoms with Gasteiger partial charge in [-0.3, -0.25) is 4.79 Å². The van der Waals surface area contributed by atoms with Crippen molar-refractivity contribution in [3.05, 3.63) is 65.0 Å². The Morgan fingerprint density at radius 3 is 2.41 bits per heavy atom. The van der Waals surface area contributed by atoms with Crippen molar-refractivity contribution >= 4 is 17.3 Å². The Morgan fingerprint density at radius 1 is 1.22 bits per heavy atom. The maximum Gasteiger partial charge on any atom is 0.416 e. The van der Waals surface area contributed by atoms with Crippen molar-refractivity contribution in [3.63, 3.8) is 0 Å². The quantitative estimate of drug-likeness (QED) is 0.761. The van der Waals surface area contributed by atoms with Crippen molar-refractivity contribution in [1.82, 2.24) is 0 Å². The monoisotopic (exact) mass is 378 g/mol. The topological polar surface area (TPSA) is 62.9 Å². The van der Waals surface area contributed by atoms with Crippen LogP contribution >= 0.6 is 0 Å². The molecule has 0 radical (unpaired) electrons. The van der Waals surface area contributed by atoms with Crippen LogP contribution in [0.5, 0.6) is 5.75 Å². The molecule has 0 unspecified atom stereocenters. The number of nitrogens with one attached hydrogen (secondary N) is 1. The SMILES string of the molecule is [C-]#[N+]c1ccc(OC[C@](C)(O)C(=O)Nc2ccc(C)c(C(F)(F)F)c2)cc1. The molecule has 142 valence electrons. The molecule has 27 heavy (non-hydrogen) atoms. The summed E-state index contributed by atoms with van der Waals surface area (Å²) in [5, 5.41) is 12.6. The third-order valence-corrected chi connectivity index (χ3v) is 3.78. The number of aryl methyl sites for hydroxylation is 1. The molecule has 0 saturated carbocycles. The lowest BCUT2D eigenvalue weighted by atomic mass is 10.1. The first-order valence-electron chi connectivity index (χ1n) is 7.85. The number of amides is 1. The molecule has 5 nitrogen and oxygen atoms in total. The highest BCUT2D eigenvalue weighted by Crippen LogP contribution is 2.33. The lowest BCUT2D eigenvalue weighted by molar-refractivity contribution is -0.138. The molecular weight excluding hydrogens is 361 g/mol. The average molecular weight is 378 g/mol. The fraction of sp³-hybridized carbons (Fsp3) is 0.263. The van der Waals surface area contributed by atoms with Gasteiger partial charge in [-0.25, -0.2) is 4.85 Å². The molecule has 0 aliphatic rings. The zero-order chi connectivity index (χ0) is 20.2. The van der Waals surface area contributed by atoms with Crippen molar-refractivity contribution in [3.8, 4) is 5.75 Å². The van der Waals surface area contributed by atoms with Gasteiger partial charge in [-0.2, -0.15) is 13.2 Å². The summed E-state index contributed by atoms with van der Waals surface area (Å²) < 4.78 is 44.2. The van der Waals surface area contributed by atoms with E-state index >= 15 is 0 Å². The van der Waals surface area contributed by atoms with Gasteiger partial charge in [-0.15, -0.1) is 0 Å². The molecule has 0 heterocycles. The minimum absolute atomic E-state index is 0.0263. The second-order valence-corrected chi connectivity index (χ2v) is 6.15. The molecule has 0 aliphatic carbocycles. The number of aliphatic hydroxyl groups is 1. The number of benzene rings is 2. The third-order valence-electron chi connectivity index (χ3n) is 3.78. The standard InChI is InChI=1S/C19H17F3N2O3/c1-12-4-5-14(10-16(12)19(20,21)22)24-17(25)18(2,26)11-27-15-8-6-13(23-3)7-9-15/h4-10,26H,11H2,1-2H3,(H,24,25)/t18-/m0/s1. The lowest BCUT2D eigenvalue weighted by Gasteiger charge is -2.23. The molecule has 0 saturated heterocycles. The summed E-state index contributed by atoms with van der Waals surface area (Å²) in [5.41, 5.74) is -2.50. The smallest absolute Gasteiger partial charge is 0.416 e. The number of ether oxygens (including phenoxy) is 1. The van der Waals surface area contributed by atoms with Crippen LogP contribution in [0.3, 0.4) is 0 Å². The molecule has 1 amide bonds. The van der Waals surface area contributed by atoms with E-state index < -0.39 is 29.9 Å². The van der Waals surface area contributed by atoms with Gasteiger partial charge in [0, 0.05) is 5.69 Å². The van der Waals surface area contributed by atoms with E-state index in [-0.39, 0.29) is 11.3 Å². The van der Waals surface area contributed by atoms with Gasteiger partial charge in [-0.1, -0.05) is 18.2 Å². The first-order chi connectivity index (χ1) is 12.5. The van der Waals surface area contributed by atoms with Gasteiger partial charge >= 0.3 is 6.18 Å². The highest BCUT2D eigenvalue weighted by Gasteiger charge is 2.34. The first-order valence-corrected chi connectivity index (χ1v) is 7.85. The Kier molecular flexibility index (Phi) is 5.76. The molecule has 0 aliphatic heterocycles. The van der Waals surface area contributed by atoms with Gasteiger partial charge in [-0.05, 0) is 43.7 Å². The van der Waals surface area contributed by atoms with E-state index in [1.807, 2.05) is 0 Å². The zero-order valence-electron chi connectivity index (χ0n) is 14.6. The molecule has 8 heteroatoms. The lowest BCUT2D eigenvalue weighted by Crippen LogP contribution is -2.45. The largest absolute Gasteiger partial charge is 0.490 e. The molecule has 0 aromatic heterocycles. The van der Waals surface area contributed by atoms with E-state index in [2.05, 4.69) is 10.2 Å². The van der Waals surface area contributed by atoms with E-state index in [1.54, 1.807) is 0 Å². The van der Waals surface area contributed by atoms with Crippen molar-refractivity contribution < 1.29 is 27.8 Å². The van der Waals surface area contributed by atoms with Crippen LogP contribution in [0.4, 0.5) is 24.5 Å². The fourth-order valence-corrected chi connectivity index (χ4v) is 2.18. The number of rotatable bonds is 5. The Bertz CT molecular complexity index is 869. The van der Waals surface area contributed by atoms with Gasteiger partial charge in [0.05, 0.1) is 12.1 Å². The molecule has 0 fully saturated rings. The number of carbonyl (C=O) groups excluding carboxylic acids is 1. The van der Waals surface area contributed by atoms with Crippen molar-refractivity contribution in [1.29, 1.82) is 0 Å². The van der Waals surface area contributed by atoms with Crippen LogP contribution in [0, 0.1) is 13.5 Å². The molecule has 1 atom stereocenters. The Labute approximate surface area is 154 Å². The number of hydrogen-bond acceptors (Lipinski definition) is 3. The molecule has 0 spiro atoms. The number of nitrogens with zero attached hydrogens (tertiary/aromatic N) is 1. The summed E-state index contributed by atoms with van der Waals surface area (Å²) in [6.07, 6.45) is -4.55. The third kappa shape index (κ3) is 5.21. The predicted octanol–water partition coefficient (Wildman–Crippen LogP) is 4.33. The summed E-state index contributed by atoms with van der Waals surface area (Å²) >= 11 is 0. The van der Waals surface area contributed by atoms with E-state index in [0.717, 1.165) is 6.07 Å². The summed E-state index contributed by atoms with van der Waals surface area (Å²) in [6, 6.07) is 9.43. The van der Waals surface area contributed by atoms with Crippen molar-refractivity contribution in [2.24, 2.45) is 0 Å². The van der Waals surface area contributed by atoms with Crippen LogP contribution < -0.4 is 10.1 Å².